The number of amides is 1. The third-order valence-electron chi connectivity index (χ3n) is 3.60. The quantitative estimate of drug-likeness (QED) is 0.941. The minimum absolute atomic E-state index is 0.0780. The van der Waals surface area contributed by atoms with Gasteiger partial charge in [0.2, 0.25) is 5.91 Å². The summed E-state index contributed by atoms with van der Waals surface area (Å²) in [5.41, 5.74) is 0.802. The van der Waals surface area contributed by atoms with E-state index in [4.69, 9.17) is 9.47 Å². The average molecular weight is 292 g/mol. The molecule has 1 amide bonds. The normalized spacial score (nSPS) is 14.9. The number of methoxy groups -OCH3 is 2. The van der Waals surface area contributed by atoms with Crippen LogP contribution >= 0.6 is 11.3 Å². The molecule has 1 aromatic heterocycles. The van der Waals surface area contributed by atoms with Crippen LogP contribution in [0.1, 0.15) is 19.3 Å². The maximum absolute atomic E-state index is 11.9. The van der Waals surface area contributed by atoms with Gasteiger partial charge in [0.25, 0.3) is 0 Å². The van der Waals surface area contributed by atoms with Crippen LogP contribution < -0.4 is 14.8 Å². The number of benzene rings is 1. The Morgan fingerprint density at radius 3 is 2.60 bits per heavy atom. The van der Waals surface area contributed by atoms with Crippen molar-refractivity contribution in [3.05, 3.63) is 12.1 Å². The maximum Gasteiger partial charge on any atom is 0.229 e. The highest BCUT2D eigenvalue weighted by Gasteiger charge is 2.26. The molecule has 0 radical (unpaired) electrons. The van der Waals surface area contributed by atoms with Crippen molar-refractivity contribution in [2.45, 2.75) is 19.3 Å². The first-order valence-corrected chi connectivity index (χ1v) is 7.36. The van der Waals surface area contributed by atoms with E-state index in [0.29, 0.717) is 16.6 Å². The molecular weight excluding hydrogens is 276 g/mol. The van der Waals surface area contributed by atoms with E-state index in [-0.39, 0.29) is 11.8 Å². The van der Waals surface area contributed by atoms with E-state index in [0.717, 1.165) is 29.5 Å². The van der Waals surface area contributed by atoms with E-state index in [1.807, 2.05) is 12.1 Å². The topological polar surface area (TPSA) is 60.5 Å². The fourth-order valence-electron chi connectivity index (χ4n) is 2.19. The molecule has 0 saturated heterocycles. The summed E-state index contributed by atoms with van der Waals surface area (Å²) in [4.78, 5) is 16.4. The van der Waals surface area contributed by atoms with Gasteiger partial charge in [-0.2, -0.15) is 0 Å². The average Bonchev–Trinajstić information content (AvgIpc) is 2.75. The number of fused-ring (bicyclic) bond motifs is 1. The van der Waals surface area contributed by atoms with Crippen molar-refractivity contribution in [2.24, 2.45) is 5.92 Å². The largest absolute Gasteiger partial charge is 0.493 e. The zero-order valence-corrected chi connectivity index (χ0v) is 12.3. The Labute approximate surface area is 120 Å². The molecule has 20 heavy (non-hydrogen) atoms. The van der Waals surface area contributed by atoms with Crippen LogP contribution in [0.4, 0.5) is 5.13 Å². The predicted octanol–water partition coefficient (Wildman–Crippen LogP) is 3.05. The molecule has 1 aromatic carbocycles. The fraction of sp³-hybridized carbons (Fsp3) is 0.429. The number of carbonyl (C=O) groups is 1. The van der Waals surface area contributed by atoms with Crippen molar-refractivity contribution >= 4 is 32.6 Å². The lowest BCUT2D eigenvalue weighted by Crippen LogP contribution is -2.27. The SMILES string of the molecule is COc1cc2nc(NC(=O)C3CCC3)sc2cc1OC. The van der Waals surface area contributed by atoms with Gasteiger partial charge in [-0.05, 0) is 12.8 Å². The summed E-state index contributed by atoms with van der Waals surface area (Å²) < 4.78 is 11.5. The third kappa shape index (κ3) is 2.31. The summed E-state index contributed by atoms with van der Waals surface area (Å²) in [5.74, 6) is 1.54. The number of hydrogen-bond donors (Lipinski definition) is 1. The minimum Gasteiger partial charge on any atom is -0.493 e. The number of rotatable bonds is 4. The van der Waals surface area contributed by atoms with Crippen molar-refractivity contribution in [2.75, 3.05) is 19.5 Å². The highest BCUT2D eigenvalue weighted by Crippen LogP contribution is 2.36. The zero-order chi connectivity index (χ0) is 14.1. The van der Waals surface area contributed by atoms with Gasteiger partial charge < -0.3 is 14.8 Å². The zero-order valence-electron chi connectivity index (χ0n) is 11.4. The molecule has 1 fully saturated rings. The van der Waals surface area contributed by atoms with Crippen LogP contribution in [0.3, 0.4) is 0 Å². The van der Waals surface area contributed by atoms with Gasteiger partial charge in [-0.25, -0.2) is 4.98 Å². The smallest absolute Gasteiger partial charge is 0.229 e. The molecule has 0 spiro atoms. The van der Waals surface area contributed by atoms with Crippen LogP contribution in [0, 0.1) is 5.92 Å². The lowest BCUT2D eigenvalue weighted by atomic mass is 9.85. The van der Waals surface area contributed by atoms with Crippen molar-refractivity contribution in [1.82, 2.24) is 4.98 Å². The number of hydrogen-bond acceptors (Lipinski definition) is 5. The first kappa shape index (κ1) is 13.2. The summed E-state index contributed by atoms with van der Waals surface area (Å²) in [6.45, 7) is 0. The van der Waals surface area contributed by atoms with Gasteiger partial charge in [-0.1, -0.05) is 17.8 Å². The van der Waals surface area contributed by atoms with Crippen LogP contribution in [0.2, 0.25) is 0 Å². The molecule has 0 atom stereocenters. The number of nitrogens with one attached hydrogen (secondary N) is 1. The number of aromatic nitrogens is 1. The van der Waals surface area contributed by atoms with Crippen LogP contribution in [-0.2, 0) is 4.79 Å². The van der Waals surface area contributed by atoms with Gasteiger partial charge in [0.1, 0.15) is 0 Å². The molecule has 6 heteroatoms. The molecule has 106 valence electrons. The molecular formula is C14H16N2O3S. The first-order valence-electron chi connectivity index (χ1n) is 6.54. The standard InChI is InChI=1S/C14H16N2O3S/c1-18-10-6-9-12(7-11(10)19-2)20-14(15-9)16-13(17)8-4-3-5-8/h6-8H,3-5H2,1-2H3,(H,15,16,17). The number of anilines is 1. The Morgan fingerprint density at radius 2 is 2.00 bits per heavy atom. The van der Waals surface area contributed by atoms with Gasteiger partial charge in [-0.15, -0.1) is 0 Å². The number of thiazole rings is 1. The second kappa shape index (κ2) is 5.28. The van der Waals surface area contributed by atoms with Gasteiger partial charge in [0.15, 0.2) is 16.6 Å². The lowest BCUT2D eigenvalue weighted by Gasteiger charge is -2.23. The molecule has 1 heterocycles. The van der Waals surface area contributed by atoms with E-state index in [1.54, 1.807) is 14.2 Å². The van der Waals surface area contributed by atoms with Gasteiger partial charge in [-0.3, -0.25) is 4.79 Å². The van der Waals surface area contributed by atoms with Crippen LogP contribution in [0.5, 0.6) is 11.5 Å². The Morgan fingerprint density at radius 1 is 1.30 bits per heavy atom. The third-order valence-corrected chi connectivity index (χ3v) is 4.53. The highest BCUT2D eigenvalue weighted by atomic mass is 32.1. The minimum atomic E-state index is 0.0780. The summed E-state index contributed by atoms with van der Waals surface area (Å²) in [5, 5.41) is 3.53. The molecule has 1 aliphatic carbocycles. The fourth-order valence-corrected chi connectivity index (χ4v) is 3.07. The monoisotopic (exact) mass is 292 g/mol. The maximum atomic E-state index is 11.9. The van der Waals surface area contributed by atoms with E-state index in [9.17, 15) is 4.79 Å². The van der Waals surface area contributed by atoms with Gasteiger partial charge in [0, 0.05) is 18.1 Å². The molecule has 1 aliphatic rings. The van der Waals surface area contributed by atoms with E-state index in [1.165, 1.54) is 11.3 Å². The van der Waals surface area contributed by atoms with E-state index in [2.05, 4.69) is 10.3 Å². The van der Waals surface area contributed by atoms with E-state index >= 15 is 0 Å². The lowest BCUT2D eigenvalue weighted by molar-refractivity contribution is -0.122. The predicted molar refractivity (Wildman–Crippen MR) is 78.7 cm³/mol. The van der Waals surface area contributed by atoms with E-state index < -0.39 is 0 Å². The second-order valence-electron chi connectivity index (χ2n) is 4.81. The number of ether oxygens (including phenoxy) is 2. The van der Waals surface area contributed by atoms with Gasteiger partial charge >= 0.3 is 0 Å². The first-order chi connectivity index (χ1) is 9.71. The Hall–Kier alpha value is -1.82. The molecule has 0 bridgehead atoms. The van der Waals surface area contributed by atoms with Crippen LogP contribution in [-0.4, -0.2) is 25.1 Å². The molecule has 3 rings (SSSR count). The molecule has 5 nitrogen and oxygen atoms in total. The molecule has 0 aliphatic heterocycles. The van der Waals surface area contributed by atoms with Crippen molar-refractivity contribution in [1.29, 1.82) is 0 Å². The van der Waals surface area contributed by atoms with Crippen molar-refractivity contribution in [3.63, 3.8) is 0 Å². The summed E-state index contributed by atoms with van der Waals surface area (Å²) >= 11 is 1.45. The summed E-state index contributed by atoms with van der Waals surface area (Å²) in [6.07, 6.45) is 3.11. The molecule has 1 saturated carbocycles. The van der Waals surface area contributed by atoms with Crippen molar-refractivity contribution < 1.29 is 14.3 Å². The molecule has 0 unspecified atom stereocenters. The summed E-state index contributed by atoms with van der Waals surface area (Å²) in [7, 11) is 3.19. The van der Waals surface area contributed by atoms with Gasteiger partial charge in [0.05, 0.1) is 24.4 Å². The Balaban J connectivity index is 1.87. The molecule has 1 N–H and O–H groups in total. The molecule has 2 aromatic rings. The highest BCUT2D eigenvalue weighted by molar-refractivity contribution is 7.22. The number of carbonyl (C=O) groups excluding carboxylic acids is 1. The van der Waals surface area contributed by atoms with Crippen molar-refractivity contribution in [3.8, 4) is 11.5 Å². The number of nitrogens with zero attached hydrogens (tertiary/aromatic N) is 1. The van der Waals surface area contributed by atoms with Crippen LogP contribution in [0.25, 0.3) is 10.2 Å². The second-order valence-corrected chi connectivity index (χ2v) is 5.84. The Kier molecular flexibility index (Phi) is 3.48. The van der Waals surface area contributed by atoms with Crippen LogP contribution in [0.15, 0.2) is 12.1 Å². The Bertz CT molecular complexity index is 608. The summed E-state index contributed by atoms with van der Waals surface area (Å²) in [6, 6.07) is 3.70.